The maximum atomic E-state index is 11.9. The number of carbonyl (C=O) groups is 1. The van der Waals surface area contributed by atoms with Crippen molar-refractivity contribution in [3.8, 4) is 0 Å². The Labute approximate surface area is 199 Å². The van der Waals surface area contributed by atoms with Gasteiger partial charge in [0.15, 0.2) is 5.96 Å². The summed E-state index contributed by atoms with van der Waals surface area (Å²) in [4.78, 5) is 17.7. The summed E-state index contributed by atoms with van der Waals surface area (Å²) < 4.78 is 0. The number of hydrogen-bond donors (Lipinski definition) is 2. The third kappa shape index (κ3) is 8.40. The molecule has 0 fully saturated rings. The number of rotatable bonds is 7. The highest BCUT2D eigenvalue weighted by atomic mass is 127. The molecule has 0 bridgehead atoms. The number of benzene rings is 2. The minimum Gasteiger partial charge on any atom is -0.356 e. The van der Waals surface area contributed by atoms with Gasteiger partial charge in [-0.3, -0.25) is 9.79 Å². The second-order valence-corrected chi connectivity index (χ2v) is 7.43. The van der Waals surface area contributed by atoms with Gasteiger partial charge >= 0.3 is 0 Å². The van der Waals surface area contributed by atoms with Crippen LogP contribution < -0.4 is 10.6 Å². The highest BCUT2D eigenvalue weighted by Gasteiger charge is 2.07. The van der Waals surface area contributed by atoms with Crippen LogP contribution in [0.4, 0.5) is 0 Å². The molecule has 0 unspecified atom stereocenters. The Bertz CT molecular complexity index is 826. The van der Waals surface area contributed by atoms with Crippen LogP contribution in [0.25, 0.3) is 0 Å². The lowest BCUT2D eigenvalue weighted by Gasteiger charge is -2.13. The fourth-order valence-corrected chi connectivity index (χ4v) is 3.14. The molecular formula is C21H27Cl2IN4O. The summed E-state index contributed by atoms with van der Waals surface area (Å²) in [6.45, 7) is 1.40. The highest BCUT2D eigenvalue weighted by molar-refractivity contribution is 14.0. The van der Waals surface area contributed by atoms with Crippen LogP contribution in [0.1, 0.15) is 27.9 Å². The van der Waals surface area contributed by atoms with Gasteiger partial charge in [-0.15, -0.1) is 24.0 Å². The van der Waals surface area contributed by atoms with Crippen LogP contribution in [0.5, 0.6) is 0 Å². The number of amides is 1. The normalized spacial score (nSPS) is 10.9. The number of guanidine groups is 1. The summed E-state index contributed by atoms with van der Waals surface area (Å²) in [6, 6.07) is 13.1. The van der Waals surface area contributed by atoms with Crippen molar-refractivity contribution >= 4 is 59.0 Å². The van der Waals surface area contributed by atoms with E-state index in [0.29, 0.717) is 22.2 Å². The third-order valence-corrected chi connectivity index (χ3v) is 4.81. The fourth-order valence-electron chi connectivity index (χ4n) is 2.64. The summed E-state index contributed by atoms with van der Waals surface area (Å²) in [7, 11) is 5.23. The van der Waals surface area contributed by atoms with E-state index < -0.39 is 0 Å². The molecule has 2 rings (SSSR count). The summed E-state index contributed by atoms with van der Waals surface area (Å²) in [6.07, 6.45) is 1.78. The Kier molecular flexibility index (Phi) is 11.4. The molecule has 29 heavy (non-hydrogen) atoms. The van der Waals surface area contributed by atoms with Gasteiger partial charge in [0, 0.05) is 49.8 Å². The molecule has 0 aliphatic heterocycles. The topological polar surface area (TPSA) is 56.7 Å². The van der Waals surface area contributed by atoms with Gasteiger partial charge in [-0.05, 0) is 48.2 Å². The molecule has 0 aliphatic carbocycles. The molecule has 0 saturated carbocycles. The van der Waals surface area contributed by atoms with E-state index >= 15 is 0 Å². The van der Waals surface area contributed by atoms with Gasteiger partial charge < -0.3 is 15.5 Å². The van der Waals surface area contributed by atoms with Crippen molar-refractivity contribution in [1.82, 2.24) is 15.5 Å². The second kappa shape index (κ2) is 12.9. The molecule has 0 aliphatic rings. The van der Waals surface area contributed by atoms with Crippen molar-refractivity contribution in [2.75, 3.05) is 27.7 Å². The van der Waals surface area contributed by atoms with E-state index in [9.17, 15) is 4.79 Å². The van der Waals surface area contributed by atoms with Gasteiger partial charge in [-0.2, -0.15) is 0 Å². The van der Waals surface area contributed by atoms with Gasteiger partial charge in [0.25, 0.3) is 5.91 Å². The van der Waals surface area contributed by atoms with Crippen LogP contribution in [0, 0.1) is 0 Å². The first-order valence-corrected chi connectivity index (χ1v) is 9.85. The molecule has 0 saturated heterocycles. The predicted molar refractivity (Wildman–Crippen MR) is 133 cm³/mol. The molecular weight excluding hydrogens is 522 g/mol. The lowest BCUT2D eigenvalue weighted by Crippen LogP contribution is -2.37. The molecule has 0 spiro atoms. The molecule has 8 heteroatoms. The Balaban J connectivity index is 0.00000420. The number of aliphatic imine (C=N–C) groups is 1. The smallest absolute Gasteiger partial charge is 0.253 e. The van der Waals surface area contributed by atoms with Crippen molar-refractivity contribution in [2.24, 2.45) is 4.99 Å². The minimum absolute atomic E-state index is 0. The Morgan fingerprint density at radius 2 is 1.76 bits per heavy atom. The zero-order valence-electron chi connectivity index (χ0n) is 16.8. The van der Waals surface area contributed by atoms with Gasteiger partial charge in [0.1, 0.15) is 0 Å². The molecule has 2 aromatic carbocycles. The molecule has 158 valence electrons. The molecule has 0 atom stereocenters. The molecule has 1 amide bonds. The van der Waals surface area contributed by atoms with Crippen LogP contribution >= 0.6 is 47.2 Å². The quantitative estimate of drug-likeness (QED) is 0.230. The monoisotopic (exact) mass is 548 g/mol. The maximum absolute atomic E-state index is 11.9. The van der Waals surface area contributed by atoms with E-state index in [4.69, 9.17) is 23.2 Å². The summed E-state index contributed by atoms with van der Waals surface area (Å²) in [5, 5.41) is 7.92. The van der Waals surface area contributed by atoms with Crippen molar-refractivity contribution in [3.63, 3.8) is 0 Å². The van der Waals surface area contributed by atoms with E-state index in [2.05, 4.69) is 15.6 Å². The second-order valence-electron chi connectivity index (χ2n) is 6.59. The summed E-state index contributed by atoms with van der Waals surface area (Å²) >= 11 is 12.1. The SMILES string of the molecule is CN=C(NCCCc1ccc(Cl)cc1Cl)NCc1ccc(C(=O)N(C)C)cc1.I. The van der Waals surface area contributed by atoms with Crippen LogP contribution in [0.2, 0.25) is 10.0 Å². The lowest BCUT2D eigenvalue weighted by molar-refractivity contribution is 0.0827. The Hall–Kier alpha value is -1.51. The van der Waals surface area contributed by atoms with Gasteiger partial charge in [0.05, 0.1) is 0 Å². The van der Waals surface area contributed by atoms with Gasteiger partial charge in [-0.25, -0.2) is 0 Å². The van der Waals surface area contributed by atoms with Crippen LogP contribution in [0.3, 0.4) is 0 Å². The minimum atomic E-state index is -0.00206. The van der Waals surface area contributed by atoms with Crippen molar-refractivity contribution < 1.29 is 4.79 Å². The van der Waals surface area contributed by atoms with Crippen molar-refractivity contribution in [1.29, 1.82) is 0 Å². The zero-order valence-corrected chi connectivity index (χ0v) is 20.7. The number of nitrogens with one attached hydrogen (secondary N) is 2. The van der Waals surface area contributed by atoms with Gasteiger partial charge in [-0.1, -0.05) is 41.4 Å². The van der Waals surface area contributed by atoms with E-state index in [1.807, 2.05) is 36.4 Å². The van der Waals surface area contributed by atoms with E-state index in [-0.39, 0.29) is 29.9 Å². The fraction of sp³-hybridized carbons (Fsp3) is 0.333. The lowest BCUT2D eigenvalue weighted by atomic mass is 10.1. The Morgan fingerprint density at radius 1 is 1.07 bits per heavy atom. The van der Waals surface area contributed by atoms with Crippen molar-refractivity contribution in [2.45, 2.75) is 19.4 Å². The average Bonchev–Trinajstić information content (AvgIpc) is 2.68. The Morgan fingerprint density at radius 3 is 2.34 bits per heavy atom. The van der Waals surface area contributed by atoms with E-state index in [1.54, 1.807) is 32.1 Å². The zero-order chi connectivity index (χ0) is 20.5. The first kappa shape index (κ1) is 25.5. The third-order valence-electron chi connectivity index (χ3n) is 4.22. The van der Waals surface area contributed by atoms with Crippen LogP contribution in [-0.4, -0.2) is 44.5 Å². The maximum Gasteiger partial charge on any atom is 0.253 e. The average molecular weight is 549 g/mol. The molecule has 2 aromatic rings. The first-order valence-electron chi connectivity index (χ1n) is 9.09. The number of aryl methyl sites for hydroxylation is 1. The number of nitrogens with zero attached hydrogens (tertiary/aromatic N) is 2. The van der Waals surface area contributed by atoms with E-state index in [1.165, 1.54) is 0 Å². The largest absolute Gasteiger partial charge is 0.356 e. The molecule has 0 aromatic heterocycles. The van der Waals surface area contributed by atoms with E-state index in [0.717, 1.165) is 36.5 Å². The molecule has 5 nitrogen and oxygen atoms in total. The highest BCUT2D eigenvalue weighted by Crippen LogP contribution is 2.21. The number of halogens is 3. The molecule has 0 heterocycles. The summed E-state index contributed by atoms with van der Waals surface area (Å²) in [5.74, 6) is 0.730. The predicted octanol–water partition coefficient (Wildman–Crippen LogP) is 4.61. The van der Waals surface area contributed by atoms with Crippen LogP contribution in [0.15, 0.2) is 47.5 Å². The van der Waals surface area contributed by atoms with Crippen LogP contribution in [-0.2, 0) is 13.0 Å². The first-order chi connectivity index (χ1) is 13.4. The number of carbonyl (C=O) groups excluding carboxylic acids is 1. The standard InChI is InChI=1S/C21H26Cl2N4O.HI/c1-24-21(25-12-4-5-16-10-11-18(22)13-19(16)23)26-14-15-6-8-17(9-7-15)20(28)27(2)3;/h6-11,13H,4-5,12,14H2,1-3H3,(H2,24,25,26);1H. The van der Waals surface area contributed by atoms with Crippen molar-refractivity contribution in [3.05, 3.63) is 69.2 Å². The number of hydrogen-bond acceptors (Lipinski definition) is 2. The molecule has 2 N–H and O–H groups in total. The van der Waals surface area contributed by atoms with Gasteiger partial charge in [0.2, 0.25) is 0 Å². The summed E-state index contributed by atoms with van der Waals surface area (Å²) in [5.41, 5.74) is 2.84. The molecule has 0 radical (unpaired) electrons.